The molecule has 2 aromatic rings. The second kappa shape index (κ2) is 8.33. The van der Waals surface area contributed by atoms with Gasteiger partial charge in [-0.15, -0.1) is 0 Å². The lowest BCUT2D eigenvalue weighted by Gasteiger charge is -2.19. The van der Waals surface area contributed by atoms with E-state index < -0.39 is 0 Å². The molecule has 0 saturated heterocycles. The summed E-state index contributed by atoms with van der Waals surface area (Å²) in [5.41, 5.74) is 1.10. The number of nitrogens with zero attached hydrogens (tertiary/aromatic N) is 1. The Morgan fingerprint density at radius 2 is 1.90 bits per heavy atom. The van der Waals surface area contributed by atoms with Gasteiger partial charge in [-0.1, -0.05) is 31.2 Å². The summed E-state index contributed by atoms with van der Waals surface area (Å²) in [6, 6.07) is 16.2. The molecule has 3 nitrogen and oxygen atoms in total. The van der Waals surface area contributed by atoms with Crippen molar-refractivity contribution in [2.75, 3.05) is 13.2 Å². The first-order chi connectivity index (χ1) is 9.88. The van der Waals surface area contributed by atoms with E-state index in [1.807, 2.05) is 48.7 Å². The van der Waals surface area contributed by atoms with Crippen LogP contribution in [0.25, 0.3) is 0 Å². The SMILES string of the molecule is CCCNC(COc1ccccc1)Cc1ccccn1. The van der Waals surface area contributed by atoms with Crippen molar-refractivity contribution in [3.8, 4) is 5.75 Å². The fourth-order valence-corrected chi connectivity index (χ4v) is 2.02. The van der Waals surface area contributed by atoms with Crippen molar-refractivity contribution in [2.24, 2.45) is 0 Å². The van der Waals surface area contributed by atoms with Crippen LogP contribution in [0.1, 0.15) is 19.0 Å². The smallest absolute Gasteiger partial charge is 0.119 e. The number of hydrogen-bond donors (Lipinski definition) is 1. The van der Waals surface area contributed by atoms with Gasteiger partial charge in [0.1, 0.15) is 12.4 Å². The zero-order chi connectivity index (χ0) is 14.0. The normalized spacial score (nSPS) is 12.1. The predicted octanol–water partition coefficient (Wildman–Crippen LogP) is 3.07. The minimum absolute atomic E-state index is 0.282. The Labute approximate surface area is 121 Å². The molecule has 0 amide bonds. The molecular weight excluding hydrogens is 248 g/mol. The quantitative estimate of drug-likeness (QED) is 0.800. The number of nitrogens with one attached hydrogen (secondary N) is 1. The lowest BCUT2D eigenvalue weighted by Crippen LogP contribution is -2.37. The van der Waals surface area contributed by atoms with Gasteiger partial charge in [0, 0.05) is 24.4 Å². The summed E-state index contributed by atoms with van der Waals surface area (Å²) >= 11 is 0. The van der Waals surface area contributed by atoms with Crippen LogP contribution in [0, 0.1) is 0 Å². The highest BCUT2D eigenvalue weighted by Crippen LogP contribution is 2.09. The molecule has 0 fully saturated rings. The van der Waals surface area contributed by atoms with Crippen LogP contribution < -0.4 is 10.1 Å². The molecule has 1 N–H and O–H groups in total. The molecule has 3 heteroatoms. The minimum Gasteiger partial charge on any atom is -0.492 e. The van der Waals surface area contributed by atoms with Gasteiger partial charge in [0.15, 0.2) is 0 Å². The molecule has 1 aromatic carbocycles. The van der Waals surface area contributed by atoms with Crippen molar-refractivity contribution in [1.82, 2.24) is 10.3 Å². The van der Waals surface area contributed by atoms with E-state index in [1.54, 1.807) is 0 Å². The molecule has 106 valence electrons. The second-order valence-electron chi connectivity index (χ2n) is 4.80. The molecular formula is C17H22N2O. The monoisotopic (exact) mass is 270 g/mol. The summed E-state index contributed by atoms with van der Waals surface area (Å²) in [4.78, 5) is 4.39. The molecule has 1 heterocycles. The number of benzene rings is 1. The summed E-state index contributed by atoms with van der Waals surface area (Å²) in [5.74, 6) is 0.914. The Morgan fingerprint density at radius 1 is 1.10 bits per heavy atom. The number of ether oxygens (including phenoxy) is 1. The zero-order valence-corrected chi connectivity index (χ0v) is 12.0. The van der Waals surface area contributed by atoms with Gasteiger partial charge in [-0.25, -0.2) is 0 Å². The van der Waals surface area contributed by atoms with Gasteiger partial charge in [0.25, 0.3) is 0 Å². The third-order valence-electron chi connectivity index (χ3n) is 3.06. The van der Waals surface area contributed by atoms with Crippen molar-refractivity contribution in [3.63, 3.8) is 0 Å². The summed E-state index contributed by atoms with van der Waals surface area (Å²) in [7, 11) is 0. The van der Waals surface area contributed by atoms with Crippen LogP contribution in [0.15, 0.2) is 54.7 Å². The largest absolute Gasteiger partial charge is 0.492 e. The average molecular weight is 270 g/mol. The van der Waals surface area contributed by atoms with Crippen LogP contribution >= 0.6 is 0 Å². The van der Waals surface area contributed by atoms with Gasteiger partial charge < -0.3 is 10.1 Å². The van der Waals surface area contributed by atoms with Crippen LogP contribution in [-0.4, -0.2) is 24.2 Å². The van der Waals surface area contributed by atoms with E-state index in [2.05, 4.69) is 23.3 Å². The first-order valence-corrected chi connectivity index (χ1v) is 7.19. The Bertz CT molecular complexity index is 473. The molecule has 1 unspecified atom stereocenters. The third kappa shape index (κ3) is 5.02. The van der Waals surface area contributed by atoms with E-state index in [9.17, 15) is 0 Å². The molecule has 20 heavy (non-hydrogen) atoms. The van der Waals surface area contributed by atoms with Crippen molar-refractivity contribution in [1.29, 1.82) is 0 Å². The zero-order valence-electron chi connectivity index (χ0n) is 12.0. The van der Waals surface area contributed by atoms with Crippen molar-refractivity contribution >= 4 is 0 Å². The Balaban J connectivity index is 1.89. The van der Waals surface area contributed by atoms with Gasteiger partial charge in [0.05, 0.1) is 0 Å². The fraction of sp³-hybridized carbons (Fsp3) is 0.353. The van der Waals surface area contributed by atoms with E-state index in [0.29, 0.717) is 6.61 Å². The highest BCUT2D eigenvalue weighted by molar-refractivity contribution is 5.21. The molecule has 0 radical (unpaired) electrons. The number of para-hydroxylation sites is 1. The molecule has 0 saturated carbocycles. The van der Waals surface area contributed by atoms with Crippen LogP contribution in [0.3, 0.4) is 0 Å². The summed E-state index contributed by atoms with van der Waals surface area (Å²) in [6.45, 7) is 3.82. The standard InChI is InChI=1S/C17H22N2O/c1-2-11-18-16(13-15-8-6-7-12-19-15)14-20-17-9-4-3-5-10-17/h3-10,12,16,18H,2,11,13-14H2,1H3. The summed E-state index contributed by atoms with van der Waals surface area (Å²) < 4.78 is 5.85. The van der Waals surface area contributed by atoms with Crippen LogP contribution in [0.2, 0.25) is 0 Å². The molecule has 1 aromatic heterocycles. The topological polar surface area (TPSA) is 34.1 Å². The van der Waals surface area contributed by atoms with Crippen LogP contribution in [0.4, 0.5) is 0 Å². The highest BCUT2D eigenvalue weighted by atomic mass is 16.5. The van der Waals surface area contributed by atoms with Crippen molar-refractivity contribution in [3.05, 3.63) is 60.4 Å². The van der Waals surface area contributed by atoms with Gasteiger partial charge in [-0.3, -0.25) is 4.98 Å². The van der Waals surface area contributed by atoms with Gasteiger partial charge in [-0.2, -0.15) is 0 Å². The van der Waals surface area contributed by atoms with E-state index in [-0.39, 0.29) is 6.04 Å². The van der Waals surface area contributed by atoms with Crippen molar-refractivity contribution in [2.45, 2.75) is 25.8 Å². The minimum atomic E-state index is 0.282. The molecule has 0 spiro atoms. The molecule has 0 bridgehead atoms. The predicted molar refractivity (Wildman–Crippen MR) is 82.0 cm³/mol. The maximum absolute atomic E-state index is 5.85. The summed E-state index contributed by atoms with van der Waals surface area (Å²) in [6.07, 6.45) is 3.84. The molecule has 0 aliphatic rings. The van der Waals surface area contributed by atoms with Crippen molar-refractivity contribution < 1.29 is 4.74 Å². The first-order valence-electron chi connectivity index (χ1n) is 7.19. The second-order valence-corrected chi connectivity index (χ2v) is 4.80. The average Bonchev–Trinajstić information content (AvgIpc) is 2.52. The lowest BCUT2D eigenvalue weighted by atomic mass is 10.1. The maximum Gasteiger partial charge on any atom is 0.119 e. The Kier molecular flexibility index (Phi) is 6.06. The van der Waals surface area contributed by atoms with Gasteiger partial charge in [-0.05, 0) is 37.2 Å². The molecule has 2 rings (SSSR count). The Morgan fingerprint density at radius 3 is 2.60 bits per heavy atom. The van der Waals surface area contributed by atoms with Gasteiger partial charge >= 0.3 is 0 Å². The first kappa shape index (κ1) is 14.5. The fourth-order valence-electron chi connectivity index (χ4n) is 2.02. The highest BCUT2D eigenvalue weighted by Gasteiger charge is 2.10. The van der Waals surface area contributed by atoms with Gasteiger partial charge in [0.2, 0.25) is 0 Å². The molecule has 0 aliphatic carbocycles. The third-order valence-corrected chi connectivity index (χ3v) is 3.06. The summed E-state index contributed by atoms with van der Waals surface area (Å²) in [5, 5.41) is 3.52. The Hall–Kier alpha value is -1.87. The molecule has 0 aliphatic heterocycles. The number of hydrogen-bond acceptors (Lipinski definition) is 3. The number of pyridine rings is 1. The number of aromatic nitrogens is 1. The van der Waals surface area contributed by atoms with E-state index in [4.69, 9.17) is 4.74 Å². The van der Waals surface area contributed by atoms with E-state index in [1.165, 1.54) is 0 Å². The van der Waals surface area contributed by atoms with E-state index in [0.717, 1.165) is 30.8 Å². The molecule has 1 atom stereocenters. The van der Waals surface area contributed by atoms with Crippen LogP contribution in [-0.2, 0) is 6.42 Å². The lowest BCUT2D eigenvalue weighted by molar-refractivity contribution is 0.262. The maximum atomic E-state index is 5.85. The van der Waals surface area contributed by atoms with E-state index >= 15 is 0 Å². The number of rotatable bonds is 8. The van der Waals surface area contributed by atoms with Crippen LogP contribution in [0.5, 0.6) is 5.75 Å².